The third-order valence-corrected chi connectivity index (χ3v) is 1.64. The van der Waals surface area contributed by atoms with Crippen LogP contribution in [-0.2, 0) is 4.79 Å². The van der Waals surface area contributed by atoms with E-state index in [1.165, 1.54) is 6.33 Å². The van der Waals surface area contributed by atoms with Gasteiger partial charge in [0.05, 0.1) is 0 Å². The Labute approximate surface area is 72.7 Å². The van der Waals surface area contributed by atoms with E-state index in [1.807, 2.05) is 0 Å². The normalized spacial score (nSPS) is 14.6. The SMILES string of the molecule is O=C1COc2c(Cl)ncnc2N1. The number of nitrogens with one attached hydrogen (secondary N) is 1. The molecule has 0 aliphatic carbocycles. The molecule has 1 aromatic rings. The summed E-state index contributed by atoms with van der Waals surface area (Å²) in [6, 6.07) is 0. The van der Waals surface area contributed by atoms with Crippen molar-refractivity contribution in [3.8, 4) is 5.75 Å². The fraction of sp³-hybridized carbons (Fsp3) is 0.167. The molecule has 0 spiro atoms. The first-order valence-corrected chi connectivity index (χ1v) is 3.58. The third-order valence-electron chi connectivity index (χ3n) is 1.37. The van der Waals surface area contributed by atoms with Gasteiger partial charge in [-0.2, -0.15) is 0 Å². The summed E-state index contributed by atoms with van der Waals surface area (Å²) in [5.41, 5.74) is 0. The molecule has 0 radical (unpaired) electrons. The van der Waals surface area contributed by atoms with Gasteiger partial charge in [0.2, 0.25) is 0 Å². The Balaban J connectivity index is 2.48. The maximum absolute atomic E-state index is 10.8. The zero-order chi connectivity index (χ0) is 8.55. The highest BCUT2D eigenvalue weighted by molar-refractivity contribution is 6.31. The summed E-state index contributed by atoms with van der Waals surface area (Å²) in [5.74, 6) is 0.419. The van der Waals surface area contributed by atoms with Gasteiger partial charge in [0.25, 0.3) is 5.91 Å². The van der Waals surface area contributed by atoms with Crippen molar-refractivity contribution in [3.05, 3.63) is 11.5 Å². The van der Waals surface area contributed by atoms with Gasteiger partial charge in [-0.05, 0) is 0 Å². The monoisotopic (exact) mass is 185 g/mol. The Morgan fingerprint density at radius 1 is 1.58 bits per heavy atom. The highest BCUT2D eigenvalue weighted by Gasteiger charge is 2.19. The van der Waals surface area contributed by atoms with Crippen LogP contribution in [0.2, 0.25) is 5.15 Å². The number of anilines is 1. The first-order valence-electron chi connectivity index (χ1n) is 3.20. The highest BCUT2D eigenvalue weighted by Crippen LogP contribution is 2.30. The van der Waals surface area contributed by atoms with E-state index in [2.05, 4.69) is 15.3 Å². The molecule has 2 heterocycles. The number of rotatable bonds is 0. The van der Waals surface area contributed by atoms with E-state index in [-0.39, 0.29) is 17.7 Å². The van der Waals surface area contributed by atoms with Gasteiger partial charge in [-0.25, -0.2) is 9.97 Å². The lowest BCUT2D eigenvalue weighted by Crippen LogP contribution is -2.26. The van der Waals surface area contributed by atoms with Crippen LogP contribution < -0.4 is 10.1 Å². The second-order valence-electron chi connectivity index (χ2n) is 2.18. The summed E-state index contributed by atoms with van der Waals surface area (Å²) in [6.07, 6.45) is 1.26. The van der Waals surface area contributed by atoms with E-state index in [4.69, 9.17) is 16.3 Å². The van der Waals surface area contributed by atoms with Crippen LogP contribution in [0.15, 0.2) is 6.33 Å². The Morgan fingerprint density at radius 2 is 2.42 bits per heavy atom. The molecule has 0 saturated heterocycles. The number of fused-ring (bicyclic) bond motifs is 1. The molecule has 0 unspecified atom stereocenters. The second kappa shape index (κ2) is 2.60. The molecule has 0 saturated carbocycles. The molecule has 1 N–H and O–H groups in total. The molecule has 12 heavy (non-hydrogen) atoms. The van der Waals surface area contributed by atoms with Crippen LogP contribution >= 0.6 is 11.6 Å². The minimum Gasteiger partial charge on any atom is -0.477 e. The van der Waals surface area contributed by atoms with Crippen molar-refractivity contribution in [2.45, 2.75) is 0 Å². The predicted octanol–water partition coefficient (Wildman–Crippen LogP) is 0.461. The number of hydrogen-bond acceptors (Lipinski definition) is 4. The van der Waals surface area contributed by atoms with Crippen molar-refractivity contribution in [3.63, 3.8) is 0 Å². The van der Waals surface area contributed by atoms with Crippen LogP contribution in [0.3, 0.4) is 0 Å². The standard InChI is InChI=1S/C6H4ClN3O2/c7-5-4-6(9-2-8-5)10-3(11)1-12-4/h2H,1H2,(H,8,9,10,11). The van der Waals surface area contributed by atoms with Crippen LogP contribution in [0, 0.1) is 0 Å². The summed E-state index contributed by atoms with van der Waals surface area (Å²) < 4.78 is 5.00. The summed E-state index contributed by atoms with van der Waals surface area (Å²) >= 11 is 5.66. The molecular weight excluding hydrogens is 182 g/mol. The molecule has 0 atom stereocenters. The van der Waals surface area contributed by atoms with Gasteiger partial charge in [0, 0.05) is 0 Å². The second-order valence-corrected chi connectivity index (χ2v) is 2.54. The number of halogens is 1. The summed E-state index contributed by atoms with van der Waals surface area (Å²) in [4.78, 5) is 18.3. The molecule has 2 rings (SSSR count). The van der Waals surface area contributed by atoms with E-state index in [0.29, 0.717) is 11.6 Å². The quantitative estimate of drug-likeness (QED) is 0.597. The van der Waals surface area contributed by atoms with Crippen molar-refractivity contribution in [2.24, 2.45) is 0 Å². The topological polar surface area (TPSA) is 64.1 Å². The van der Waals surface area contributed by atoms with Gasteiger partial charge in [-0.3, -0.25) is 4.79 Å². The minimum atomic E-state index is -0.239. The van der Waals surface area contributed by atoms with Crippen molar-refractivity contribution >= 4 is 23.3 Å². The lowest BCUT2D eigenvalue weighted by molar-refractivity contribution is -0.118. The molecule has 62 valence electrons. The van der Waals surface area contributed by atoms with E-state index in [0.717, 1.165) is 0 Å². The minimum absolute atomic E-state index is 0.0416. The zero-order valence-corrected chi connectivity index (χ0v) is 6.63. The zero-order valence-electron chi connectivity index (χ0n) is 5.87. The fourth-order valence-electron chi connectivity index (χ4n) is 0.875. The molecule has 1 aliphatic heterocycles. The molecule has 6 heteroatoms. The molecule has 0 fully saturated rings. The number of aromatic nitrogens is 2. The van der Waals surface area contributed by atoms with Crippen LogP contribution in [0.1, 0.15) is 0 Å². The molecule has 5 nitrogen and oxygen atoms in total. The van der Waals surface area contributed by atoms with Gasteiger partial charge >= 0.3 is 0 Å². The molecule has 0 bridgehead atoms. The number of ether oxygens (including phenoxy) is 1. The largest absolute Gasteiger partial charge is 0.477 e. The predicted molar refractivity (Wildman–Crippen MR) is 41.2 cm³/mol. The molecule has 1 aromatic heterocycles. The van der Waals surface area contributed by atoms with E-state index in [9.17, 15) is 4.79 Å². The maximum atomic E-state index is 10.8. The summed E-state index contributed by atoms with van der Waals surface area (Å²) in [5, 5.41) is 2.71. The van der Waals surface area contributed by atoms with Crippen molar-refractivity contribution in [1.82, 2.24) is 9.97 Å². The lowest BCUT2D eigenvalue weighted by Gasteiger charge is -2.16. The summed E-state index contributed by atoms with van der Waals surface area (Å²) in [6.45, 7) is -0.0416. The van der Waals surface area contributed by atoms with Crippen LogP contribution in [-0.4, -0.2) is 22.5 Å². The van der Waals surface area contributed by atoms with Crippen LogP contribution in [0.25, 0.3) is 0 Å². The average Bonchev–Trinajstić information content (AvgIpc) is 2.04. The first kappa shape index (κ1) is 7.30. The van der Waals surface area contributed by atoms with Crippen molar-refractivity contribution in [1.29, 1.82) is 0 Å². The van der Waals surface area contributed by atoms with Gasteiger partial charge < -0.3 is 10.1 Å². The Bertz CT molecular complexity index is 342. The highest BCUT2D eigenvalue weighted by atomic mass is 35.5. The Morgan fingerprint density at radius 3 is 3.25 bits per heavy atom. The van der Waals surface area contributed by atoms with Crippen LogP contribution in [0.4, 0.5) is 5.82 Å². The molecule has 1 aliphatic rings. The van der Waals surface area contributed by atoms with Gasteiger partial charge in [-0.1, -0.05) is 11.6 Å². The first-order chi connectivity index (χ1) is 5.77. The summed E-state index contributed by atoms with van der Waals surface area (Å²) in [7, 11) is 0. The number of carbonyl (C=O) groups is 1. The molecule has 1 amide bonds. The van der Waals surface area contributed by atoms with E-state index >= 15 is 0 Å². The smallest absolute Gasteiger partial charge is 0.263 e. The number of hydrogen-bond donors (Lipinski definition) is 1. The van der Waals surface area contributed by atoms with E-state index < -0.39 is 0 Å². The van der Waals surface area contributed by atoms with Gasteiger partial charge in [-0.15, -0.1) is 0 Å². The number of nitrogens with zero attached hydrogens (tertiary/aromatic N) is 2. The van der Waals surface area contributed by atoms with Crippen molar-refractivity contribution < 1.29 is 9.53 Å². The fourth-order valence-corrected chi connectivity index (χ4v) is 1.06. The molecule has 0 aromatic carbocycles. The molecular formula is C6H4ClN3O2. The Hall–Kier alpha value is -1.36. The van der Waals surface area contributed by atoms with Crippen molar-refractivity contribution in [2.75, 3.05) is 11.9 Å². The Kier molecular flexibility index (Phi) is 1.58. The van der Waals surface area contributed by atoms with Gasteiger partial charge in [0.1, 0.15) is 6.33 Å². The van der Waals surface area contributed by atoms with E-state index in [1.54, 1.807) is 0 Å². The van der Waals surface area contributed by atoms with Crippen LogP contribution in [0.5, 0.6) is 5.75 Å². The third kappa shape index (κ3) is 1.08. The van der Waals surface area contributed by atoms with Gasteiger partial charge in [0.15, 0.2) is 23.3 Å². The number of carbonyl (C=O) groups excluding carboxylic acids is 1. The average molecular weight is 186 g/mol. The maximum Gasteiger partial charge on any atom is 0.263 e. The lowest BCUT2D eigenvalue weighted by atomic mass is 10.4. The number of amides is 1.